The summed E-state index contributed by atoms with van der Waals surface area (Å²) in [5, 5.41) is 3.34. The monoisotopic (exact) mass is 288 g/mol. The van der Waals surface area contributed by atoms with Gasteiger partial charge in [-0.15, -0.1) is 0 Å². The summed E-state index contributed by atoms with van der Waals surface area (Å²) >= 11 is 0. The van der Waals surface area contributed by atoms with Crippen LogP contribution >= 0.6 is 0 Å². The second kappa shape index (κ2) is 7.18. The number of aromatic nitrogens is 1. The van der Waals surface area contributed by atoms with E-state index in [4.69, 9.17) is 4.74 Å². The lowest BCUT2D eigenvalue weighted by molar-refractivity contribution is 0.453. The Morgan fingerprint density at radius 3 is 2.76 bits per heavy atom. The van der Waals surface area contributed by atoms with Crippen molar-refractivity contribution in [1.29, 1.82) is 0 Å². The summed E-state index contributed by atoms with van der Waals surface area (Å²) in [5.74, 6) is 1.48. The van der Waals surface area contributed by atoms with Crippen molar-refractivity contribution in [1.82, 2.24) is 10.3 Å². The molecule has 1 N–H and O–H groups in total. The first kappa shape index (κ1) is 15.4. The molecule has 0 unspecified atom stereocenters. The van der Waals surface area contributed by atoms with Gasteiger partial charge in [0.05, 0.1) is 5.69 Å². The second-order valence-corrected chi connectivity index (χ2v) is 5.50. The van der Waals surface area contributed by atoms with Crippen LogP contribution in [0.5, 0.6) is 11.6 Å². The van der Waals surface area contributed by atoms with Gasteiger partial charge in [0.2, 0.25) is 5.88 Å². The highest BCUT2D eigenvalue weighted by Crippen LogP contribution is 2.24. The third-order valence-corrected chi connectivity index (χ3v) is 2.99. The number of benzene rings is 1. The van der Waals surface area contributed by atoms with E-state index < -0.39 is 0 Å². The number of rotatable bonds is 6. The molecule has 1 aromatic heterocycles. The van der Waals surface area contributed by atoms with E-state index in [0.717, 1.165) is 17.8 Å². The van der Waals surface area contributed by atoms with Gasteiger partial charge in [0.15, 0.2) is 0 Å². The molecule has 0 saturated heterocycles. The van der Waals surface area contributed by atoms with Crippen molar-refractivity contribution in [2.75, 3.05) is 6.54 Å². The van der Waals surface area contributed by atoms with Crippen LogP contribution in [-0.2, 0) is 6.54 Å². The Morgan fingerprint density at radius 2 is 2.05 bits per heavy atom. The van der Waals surface area contributed by atoms with E-state index in [2.05, 4.69) is 24.1 Å². The SMILES string of the molecule is Cc1cc(F)ccc1Oc1cccc(CNCC(C)C)n1. The van der Waals surface area contributed by atoms with E-state index in [0.29, 0.717) is 24.1 Å². The van der Waals surface area contributed by atoms with Crippen molar-refractivity contribution >= 4 is 0 Å². The first-order valence-corrected chi connectivity index (χ1v) is 7.15. The number of aryl methyl sites for hydroxylation is 1. The summed E-state index contributed by atoms with van der Waals surface area (Å²) < 4.78 is 18.8. The van der Waals surface area contributed by atoms with Gasteiger partial charge in [-0.1, -0.05) is 19.9 Å². The number of ether oxygens (including phenoxy) is 1. The lowest BCUT2D eigenvalue weighted by Gasteiger charge is -2.10. The smallest absolute Gasteiger partial charge is 0.219 e. The Hall–Kier alpha value is -1.94. The van der Waals surface area contributed by atoms with Gasteiger partial charge in [-0.25, -0.2) is 9.37 Å². The van der Waals surface area contributed by atoms with Crippen LogP contribution in [0, 0.1) is 18.7 Å². The molecule has 2 rings (SSSR count). The van der Waals surface area contributed by atoms with Crippen LogP contribution < -0.4 is 10.1 Å². The Balaban J connectivity index is 2.03. The number of halogens is 1. The van der Waals surface area contributed by atoms with Gasteiger partial charge in [-0.05, 0) is 49.2 Å². The predicted molar refractivity (Wildman–Crippen MR) is 82.0 cm³/mol. The molecule has 0 atom stereocenters. The van der Waals surface area contributed by atoms with Crippen molar-refractivity contribution in [3.8, 4) is 11.6 Å². The van der Waals surface area contributed by atoms with Crippen molar-refractivity contribution in [3.63, 3.8) is 0 Å². The zero-order chi connectivity index (χ0) is 15.2. The molecule has 21 heavy (non-hydrogen) atoms. The van der Waals surface area contributed by atoms with Crippen LogP contribution in [0.3, 0.4) is 0 Å². The minimum atomic E-state index is -0.264. The Morgan fingerprint density at radius 1 is 1.24 bits per heavy atom. The zero-order valence-corrected chi connectivity index (χ0v) is 12.7. The summed E-state index contributed by atoms with van der Waals surface area (Å²) in [6.07, 6.45) is 0. The molecule has 2 aromatic rings. The van der Waals surface area contributed by atoms with E-state index in [1.165, 1.54) is 12.1 Å². The van der Waals surface area contributed by atoms with Gasteiger partial charge in [0.25, 0.3) is 0 Å². The van der Waals surface area contributed by atoms with Crippen LogP contribution in [0.1, 0.15) is 25.1 Å². The van der Waals surface area contributed by atoms with Gasteiger partial charge in [-0.3, -0.25) is 0 Å². The molecule has 0 saturated carbocycles. The number of hydrogen-bond acceptors (Lipinski definition) is 3. The van der Waals surface area contributed by atoms with Gasteiger partial charge in [0, 0.05) is 12.6 Å². The van der Waals surface area contributed by atoms with Crippen molar-refractivity contribution in [2.24, 2.45) is 5.92 Å². The molecule has 0 bridgehead atoms. The Bertz CT molecular complexity index is 599. The third-order valence-electron chi connectivity index (χ3n) is 2.99. The molecule has 3 nitrogen and oxygen atoms in total. The number of nitrogens with one attached hydrogen (secondary N) is 1. The minimum Gasteiger partial charge on any atom is -0.439 e. The third kappa shape index (κ3) is 4.83. The van der Waals surface area contributed by atoms with E-state index in [1.54, 1.807) is 12.1 Å². The molecule has 0 aliphatic carbocycles. The van der Waals surface area contributed by atoms with E-state index in [1.807, 2.05) is 19.1 Å². The fourth-order valence-electron chi connectivity index (χ4n) is 1.94. The van der Waals surface area contributed by atoms with Crippen molar-refractivity contribution in [2.45, 2.75) is 27.3 Å². The second-order valence-electron chi connectivity index (χ2n) is 5.50. The first-order valence-electron chi connectivity index (χ1n) is 7.15. The maximum Gasteiger partial charge on any atom is 0.219 e. The lowest BCUT2D eigenvalue weighted by atomic mass is 10.2. The van der Waals surface area contributed by atoms with E-state index in [-0.39, 0.29) is 5.82 Å². The summed E-state index contributed by atoms with van der Waals surface area (Å²) in [6.45, 7) is 7.79. The first-order chi connectivity index (χ1) is 10.0. The molecule has 0 aliphatic heterocycles. The quantitative estimate of drug-likeness (QED) is 0.870. The highest BCUT2D eigenvalue weighted by molar-refractivity contribution is 5.35. The Kier molecular flexibility index (Phi) is 5.28. The van der Waals surface area contributed by atoms with E-state index >= 15 is 0 Å². The van der Waals surface area contributed by atoms with Gasteiger partial charge < -0.3 is 10.1 Å². The van der Waals surface area contributed by atoms with Gasteiger partial charge in [0.1, 0.15) is 11.6 Å². The molecular formula is C17H21FN2O. The summed E-state index contributed by atoms with van der Waals surface area (Å²) in [7, 11) is 0. The highest BCUT2D eigenvalue weighted by atomic mass is 19.1. The average molecular weight is 288 g/mol. The number of hydrogen-bond donors (Lipinski definition) is 1. The summed E-state index contributed by atoms with van der Waals surface area (Å²) in [5.41, 5.74) is 1.67. The minimum absolute atomic E-state index is 0.264. The number of pyridine rings is 1. The molecule has 0 spiro atoms. The number of nitrogens with zero attached hydrogens (tertiary/aromatic N) is 1. The molecule has 112 valence electrons. The zero-order valence-electron chi connectivity index (χ0n) is 12.7. The normalized spacial score (nSPS) is 10.9. The molecule has 0 aliphatic rings. The topological polar surface area (TPSA) is 34.1 Å². The molecule has 1 aromatic carbocycles. The largest absolute Gasteiger partial charge is 0.439 e. The van der Waals surface area contributed by atoms with Crippen molar-refractivity contribution < 1.29 is 9.13 Å². The molecule has 4 heteroatoms. The molecule has 1 heterocycles. The predicted octanol–water partition coefficient (Wildman–Crippen LogP) is 4.07. The van der Waals surface area contributed by atoms with Crippen molar-refractivity contribution in [3.05, 3.63) is 53.5 Å². The van der Waals surface area contributed by atoms with Crippen LogP contribution in [0.25, 0.3) is 0 Å². The molecular weight excluding hydrogens is 267 g/mol. The fraction of sp³-hybridized carbons (Fsp3) is 0.353. The van der Waals surface area contributed by atoms with Crippen LogP contribution in [-0.4, -0.2) is 11.5 Å². The summed E-state index contributed by atoms with van der Waals surface area (Å²) in [6, 6.07) is 10.1. The standard InChI is InChI=1S/C17H21FN2O/c1-12(2)10-19-11-15-5-4-6-17(20-15)21-16-8-7-14(18)9-13(16)3/h4-9,12,19H,10-11H2,1-3H3. The van der Waals surface area contributed by atoms with E-state index in [9.17, 15) is 4.39 Å². The average Bonchev–Trinajstić information content (AvgIpc) is 2.42. The summed E-state index contributed by atoms with van der Waals surface area (Å²) in [4.78, 5) is 4.45. The van der Waals surface area contributed by atoms with Crippen LogP contribution in [0.2, 0.25) is 0 Å². The molecule has 0 amide bonds. The maximum absolute atomic E-state index is 13.1. The lowest BCUT2D eigenvalue weighted by Crippen LogP contribution is -2.19. The van der Waals surface area contributed by atoms with Crippen LogP contribution in [0.4, 0.5) is 4.39 Å². The fourth-order valence-corrected chi connectivity index (χ4v) is 1.94. The Labute approximate surface area is 125 Å². The molecule has 0 fully saturated rings. The maximum atomic E-state index is 13.1. The van der Waals surface area contributed by atoms with Crippen LogP contribution in [0.15, 0.2) is 36.4 Å². The molecule has 0 radical (unpaired) electrons. The highest BCUT2D eigenvalue weighted by Gasteiger charge is 2.05. The van der Waals surface area contributed by atoms with Gasteiger partial charge in [-0.2, -0.15) is 0 Å². The van der Waals surface area contributed by atoms with Gasteiger partial charge >= 0.3 is 0 Å².